The van der Waals surface area contributed by atoms with Crippen LogP contribution in [0, 0.1) is 35.5 Å². The van der Waals surface area contributed by atoms with E-state index in [1.807, 2.05) is 0 Å². The van der Waals surface area contributed by atoms with Gasteiger partial charge < -0.3 is 0 Å². The van der Waals surface area contributed by atoms with E-state index in [0.29, 0.717) is 0 Å². The highest BCUT2D eigenvalue weighted by Gasteiger charge is 2.37. The minimum atomic E-state index is 0.861. The van der Waals surface area contributed by atoms with E-state index in [-0.39, 0.29) is 0 Å². The Labute approximate surface area is 90.5 Å². The van der Waals surface area contributed by atoms with Gasteiger partial charge in [0.25, 0.3) is 0 Å². The van der Waals surface area contributed by atoms with Crippen LogP contribution in [0.15, 0.2) is 0 Å². The van der Waals surface area contributed by atoms with Gasteiger partial charge in [-0.1, -0.05) is 48.0 Å². The largest absolute Gasteiger partial charge is 0.0625 e. The molecule has 0 N–H and O–H groups in total. The zero-order chi connectivity index (χ0) is 10.9. The third-order valence-electron chi connectivity index (χ3n) is 4.58. The summed E-state index contributed by atoms with van der Waals surface area (Å²) < 4.78 is 0. The highest BCUT2D eigenvalue weighted by molar-refractivity contribution is 4.86. The SMILES string of the molecule is CC(C)[C@H]1[C@H](C)[C@@H](C)CC[C@H]1C(C)C. The van der Waals surface area contributed by atoms with Crippen molar-refractivity contribution in [1.29, 1.82) is 0 Å². The van der Waals surface area contributed by atoms with Crippen LogP contribution in [0.3, 0.4) is 0 Å². The summed E-state index contributed by atoms with van der Waals surface area (Å²) in [6.07, 6.45) is 2.92. The Kier molecular flexibility index (Phi) is 4.04. The summed E-state index contributed by atoms with van der Waals surface area (Å²) in [7, 11) is 0. The summed E-state index contributed by atoms with van der Waals surface area (Å²) in [6.45, 7) is 14.6. The van der Waals surface area contributed by atoms with Crippen molar-refractivity contribution in [3.8, 4) is 0 Å². The Morgan fingerprint density at radius 2 is 1.43 bits per heavy atom. The van der Waals surface area contributed by atoms with Gasteiger partial charge in [0.2, 0.25) is 0 Å². The first kappa shape index (κ1) is 12.1. The van der Waals surface area contributed by atoms with Gasteiger partial charge in [0.05, 0.1) is 0 Å². The van der Waals surface area contributed by atoms with E-state index in [1.165, 1.54) is 12.8 Å². The van der Waals surface area contributed by atoms with E-state index in [4.69, 9.17) is 0 Å². The fourth-order valence-corrected chi connectivity index (χ4v) is 3.56. The predicted molar refractivity (Wildman–Crippen MR) is 64.2 cm³/mol. The smallest absolute Gasteiger partial charge is 0.0332 e. The fraction of sp³-hybridized carbons (Fsp3) is 1.00. The molecule has 0 heterocycles. The monoisotopic (exact) mass is 196 g/mol. The van der Waals surface area contributed by atoms with Gasteiger partial charge >= 0.3 is 0 Å². The molecule has 1 fully saturated rings. The fourth-order valence-electron chi connectivity index (χ4n) is 3.56. The molecule has 0 aliphatic heterocycles. The van der Waals surface area contributed by atoms with Crippen LogP contribution in [0.2, 0.25) is 0 Å². The van der Waals surface area contributed by atoms with E-state index < -0.39 is 0 Å². The molecule has 84 valence electrons. The lowest BCUT2D eigenvalue weighted by atomic mass is 9.61. The molecule has 0 radical (unpaired) electrons. The summed E-state index contributed by atoms with van der Waals surface area (Å²) in [5.74, 6) is 5.53. The highest BCUT2D eigenvalue weighted by Crippen LogP contribution is 2.45. The molecule has 0 saturated heterocycles. The highest BCUT2D eigenvalue weighted by atomic mass is 14.4. The van der Waals surface area contributed by atoms with Crippen LogP contribution < -0.4 is 0 Å². The van der Waals surface area contributed by atoms with Crippen LogP contribution in [0.1, 0.15) is 54.4 Å². The van der Waals surface area contributed by atoms with Crippen LogP contribution in [0.4, 0.5) is 0 Å². The van der Waals surface area contributed by atoms with Crippen molar-refractivity contribution in [1.82, 2.24) is 0 Å². The predicted octanol–water partition coefficient (Wildman–Crippen LogP) is 4.60. The lowest BCUT2D eigenvalue weighted by Gasteiger charge is -2.44. The molecule has 0 bridgehead atoms. The van der Waals surface area contributed by atoms with Crippen molar-refractivity contribution in [3.63, 3.8) is 0 Å². The van der Waals surface area contributed by atoms with Gasteiger partial charge in [-0.3, -0.25) is 0 Å². The number of rotatable bonds is 2. The summed E-state index contributed by atoms with van der Waals surface area (Å²) in [6, 6.07) is 0. The normalized spacial score (nSPS) is 39.4. The third-order valence-corrected chi connectivity index (χ3v) is 4.58. The maximum atomic E-state index is 2.48. The topological polar surface area (TPSA) is 0 Å². The second-order valence-electron chi connectivity index (χ2n) is 6.14. The molecule has 14 heavy (non-hydrogen) atoms. The van der Waals surface area contributed by atoms with Gasteiger partial charge in [0, 0.05) is 0 Å². The Balaban J connectivity index is 2.76. The van der Waals surface area contributed by atoms with Crippen molar-refractivity contribution in [2.75, 3.05) is 0 Å². The molecule has 0 amide bonds. The van der Waals surface area contributed by atoms with E-state index in [1.54, 1.807) is 0 Å². The maximum Gasteiger partial charge on any atom is -0.0332 e. The molecule has 0 aromatic rings. The van der Waals surface area contributed by atoms with Gasteiger partial charge in [-0.15, -0.1) is 0 Å². The van der Waals surface area contributed by atoms with Crippen LogP contribution in [0.5, 0.6) is 0 Å². The van der Waals surface area contributed by atoms with Crippen molar-refractivity contribution < 1.29 is 0 Å². The molecular weight excluding hydrogens is 168 g/mol. The molecule has 0 aromatic carbocycles. The zero-order valence-electron chi connectivity index (χ0n) is 10.9. The van der Waals surface area contributed by atoms with Crippen molar-refractivity contribution >= 4 is 0 Å². The molecular formula is C14H28. The quantitative estimate of drug-likeness (QED) is 0.605. The number of hydrogen-bond acceptors (Lipinski definition) is 0. The van der Waals surface area contributed by atoms with Gasteiger partial charge in [0.1, 0.15) is 0 Å². The molecule has 1 aliphatic carbocycles. The molecule has 0 spiro atoms. The first-order valence-corrected chi connectivity index (χ1v) is 6.45. The molecule has 4 atom stereocenters. The molecule has 1 rings (SSSR count). The van der Waals surface area contributed by atoms with Gasteiger partial charge in [-0.25, -0.2) is 0 Å². The van der Waals surface area contributed by atoms with Crippen molar-refractivity contribution in [2.24, 2.45) is 35.5 Å². The zero-order valence-corrected chi connectivity index (χ0v) is 10.9. The number of hydrogen-bond donors (Lipinski definition) is 0. The van der Waals surface area contributed by atoms with Crippen molar-refractivity contribution in [3.05, 3.63) is 0 Å². The van der Waals surface area contributed by atoms with Crippen LogP contribution >= 0.6 is 0 Å². The van der Waals surface area contributed by atoms with Gasteiger partial charge in [-0.2, -0.15) is 0 Å². The van der Waals surface area contributed by atoms with E-state index in [9.17, 15) is 0 Å². The summed E-state index contributed by atoms with van der Waals surface area (Å²) in [5, 5.41) is 0. The van der Waals surface area contributed by atoms with E-state index in [0.717, 1.165) is 35.5 Å². The van der Waals surface area contributed by atoms with E-state index >= 15 is 0 Å². The Hall–Kier alpha value is 0. The van der Waals surface area contributed by atoms with Gasteiger partial charge in [-0.05, 0) is 41.9 Å². The lowest BCUT2D eigenvalue weighted by molar-refractivity contribution is 0.0466. The summed E-state index contributed by atoms with van der Waals surface area (Å²) in [4.78, 5) is 0. The van der Waals surface area contributed by atoms with Crippen molar-refractivity contribution in [2.45, 2.75) is 54.4 Å². The third kappa shape index (κ3) is 2.32. The molecule has 0 aromatic heterocycles. The average Bonchev–Trinajstić information content (AvgIpc) is 2.08. The van der Waals surface area contributed by atoms with Crippen LogP contribution in [-0.4, -0.2) is 0 Å². The minimum absolute atomic E-state index is 0.861. The minimum Gasteiger partial charge on any atom is -0.0625 e. The first-order valence-electron chi connectivity index (χ1n) is 6.45. The molecule has 0 nitrogen and oxygen atoms in total. The maximum absolute atomic E-state index is 2.48. The second-order valence-corrected chi connectivity index (χ2v) is 6.14. The second kappa shape index (κ2) is 4.68. The standard InChI is InChI=1S/C14H28/c1-9(2)13-8-7-11(5)12(6)14(13)10(3)4/h9-14H,7-8H2,1-6H3/t11-,12+,13-,14-/m0/s1. The summed E-state index contributed by atoms with van der Waals surface area (Å²) >= 11 is 0. The van der Waals surface area contributed by atoms with Crippen LogP contribution in [0.25, 0.3) is 0 Å². The molecule has 1 aliphatic rings. The Morgan fingerprint density at radius 1 is 0.857 bits per heavy atom. The summed E-state index contributed by atoms with van der Waals surface area (Å²) in [5.41, 5.74) is 0. The first-order chi connectivity index (χ1) is 6.45. The molecule has 1 saturated carbocycles. The average molecular weight is 196 g/mol. The Morgan fingerprint density at radius 3 is 1.86 bits per heavy atom. The van der Waals surface area contributed by atoms with E-state index in [2.05, 4.69) is 41.5 Å². The Bertz CT molecular complexity index is 169. The van der Waals surface area contributed by atoms with Gasteiger partial charge in [0.15, 0.2) is 0 Å². The molecule has 0 heteroatoms. The lowest BCUT2D eigenvalue weighted by Crippen LogP contribution is -2.37. The van der Waals surface area contributed by atoms with Crippen LogP contribution in [-0.2, 0) is 0 Å². The molecule has 0 unspecified atom stereocenters.